The molecule has 2 rings (SSSR count). The molecule has 6 heteroatoms. The Morgan fingerprint density at radius 1 is 1.53 bits per heavy atom. The second kappa shape index (κ2) is 6.84. The van der Waals surface area contributed by atoms with Crippen LogP contribution in [0.5, 0.6) is 0 Å². The van der Waals surface area contributed by atoms with Gasteiger partial charge in [0.05, 0.1) is 11.8 Å². The Bertz CT molecular complexity index is 456. The van der Waals surface area contributed by atoms with Crippen LogP contribution in [0.4, 0.5) is 10.1 Å². The van der Waals surface area contributed by atoms with Crippen molar-refractivity contribution in [2.24, 2.45) is 5.73 Å². The molecule has 1 fully saturated rings. The molecule has 1 aliphatic heterocycles. The van der Waals surface area contributed by atoms with Crippen molar-refractivity contribution in [2.45, 2.75) is 32.0 Å². The lowest BCUT2D eigenvalue weighted by molar-refractivity contribution is -0.126. The molecule has 1 saturated heterocycles. The number of rotatable bonds is 3. The predicted octanol–water partition coefficient (Wildman–Crippen LogP) is 2.00. The minimum atomic E-state index is -0.528. The second-order valence-corrected chi connectivity index (χ2v) is 4.53. The zero-order valence-corrected chi connectivity index (χ0v) is 11.5. The summed E-state index contributed by atoms with van der Waals surface area (Å²) in [5.41, 5.74) is 6.47. The fourth-order valence-corrected chi connectivity index (χ4v) is 2.01. The quantitative estimate of drug-likeness (QED) is 0.894. The van der Waals surface area contributed by atoms with Crippen LogP contribution in [0.2, 0.25) is 0 Å². The number of benzene rings is 1. The van der Waals surface area contributed by atoms with Crippen LogP contribution in [0, 0.1) is 12.7 Å². The maximum atomic E-state index is 13.6. The van der Waals surface area contributed by atoms with Crippen molar-refractivity contribution in [1.29, 1.82) is 0 Å². The van der Waals surface area contributed by atoms with E-state index >= 15 is 0 Å². The number of anilines is 1. The highest BCUT2D eigenvalue weighted by atomic mass is 35.5. The number of halogens is 2. The summed E-state index contributed by atoms with van der Waals surface area (Å²) in [5, 5.41) is 2.54. The highest BCUT2D eigenvalue weighted by Gasteiger charge is 2.30. The second-order valence-electron chi connectivity index (χ2n) is 4.53. The number of nitrogens with two attached hydrogens (primary N) is 1. The first-order chi connectivity index (χ1) is 8.60. The minimum Gasteiger partial charge on any atom is -0.364 e. The van der Waals surface area contributed by atoms with Gasteiger partial charge in [0.25, 0.3) is 5.91 Å². The molecule has 0 radical (unpaired) electrons. The molecule has 1 heterocycles. The van der Waals surface area contributed by atoms with Crippen molar-refractivity contribution < 1.29 is 13.9 Å². The van der Waals surface area contributed by atoms with Gasteiger partial charge in [0.1, 0.15) is 11.9 Å². The van der Waals surface area contributed by atoms with Crippen molar-refractivity contribution in [3.05, 3.63) is 29.6 Å². The summed E-state index contributed by atoms with van der Waals surface area (Å²) >= 11 is 0. The molecule has 1 aliphatic rings. The van der Waals surface area contributed by atoms with Gasteiger partial charge in [-0.05, 0) is 37.5 Å². The van der Waals surface area contributed by atoms with Crippen LogP contribution in [0.25, 0.3) is 0 Å². The van der Waals surface area contributed by atoms with E-state index in [9.17, 15) is 9.18 Å². The molecule has 0 saturated carbocycles. The molecular formula is C13H18ClFN2O2. The molecule has 4 nitrogen and oxygen atoms in total. The molecule has 1 amide bonds. The molecule has 0 unspecified atom stereocenters. The number of carbonyl (C=O) groups is 1. The first-order valence-corrected chi connectivity index (χ1v) is 6.02. The number of aryl methyl sites for hydroxylation is 1. The van der Waals surface area contributed by atoms with Crippen molar-refractivity contribution in [3.8, 4) is 0 Å². The average Bonchev–Trinajstić information content (AvgIpc) is 2.81. The van der Waals surface area contributed by atoms with Crippen LogP contribution in [0.3, 0.4) is 0 Å². The number of nitrogens with one attached hydrogen (secondary N) is 1. The summed E-state index contributed by atoms with van der Waals surface area (Å²) in [6.45, 7) is 2.20. The molecule has 0 aliphatic carbocycles. The first kappa shape index (κ1) is 15.9. The molecule has 1 aromatic carbocycles. The molecule has 3 N–H and O–H groups in total. The fourth-order valence-electron chi connectivity index (χ4n) is 2.01. The molecule has 2 atom stereocenters. The monoisotopic (exact) mass is 288 g/mol. The summed E-state index contributed by atoms with van der Waals surface area (Å²) in [5.74, 6) is -0.745. The van der Waals surface area contributed by atoms with Gasteiger partial charge in [0.15, 0.2) is 0 Å². The standard InChI is InChI=1S/C13H17FN2O2.ClH/c1-8-2-4-11(10(14)6-8)16-13(17)12-5-3-9(7-15)18-12;/h2,4,6,9,12H,3,5,7,15H2,1H3,(H,16,17);1H/t9-,12+;/m1./s1. The summed E-state index contributed by atoms with van der Waals surface area (Å²) in [6.07, 6.45) is 0.800. The van der Waals surface area contributed by atoms with Crippen LogP contribution >= 0.6 is 12.4 Å². The van der Waals surface area contributed by atoms with Gasteiger partial charge in [-0.2, -0.15) is 0 Å². The van der Waals surface area contributed by atoms with Crippen molar-refractivity contribution in [3.63, 3.8) is 0 Å². The zero-order chi connectivity index (χ0) is 13.1. The molecule has 0 spiro atoms. The van der Waals surface area contributed by atoms with Crippen LogP contribution < -0.4 is 11.1 Å². The molecule has 1 aromatic rings. The maximum absolute atomic E-state index is 13.6. The van der Waals surface area contributed by atoms with E-state index in [1.807, 2.05) is 0 Å². The Kier molecular flexibility index (Phi) is 5.72. The Morgan fingerprint density at radius 2 is 2.26 bits per heavy atom. The average molecular weight is 289 g/mol. The highest BCUT2D eigenvalue weighted by molar-refractivity contribution is 5.94. The van der Waals surface area contributed by atoms with Gasteiger partial charge in [-0.3, -0.25) is 4.79 Å². The van der Waals surface area contributed by atoms with Crippen LogP contribution in [-0.2, 0) is 9.53 Å². The Hall–Kier alpha value is -1.17. The lowest BCUT2D eigenvalue weighted by atomic mass is 10.1. The lowest BCUT2D eigenvalue weighted by Gasteiger charge is -2.13. The third-order valence-electron chi connectivity index (χ3n) is 3.05. The van der Waals surface area contributed by atoms with Crippen molar-refractivity contribution >= 4 is 24.0 Å². The van der Waals surface area contributed by atoms with Crippen LogP contribution in [-0.4, -0.2) is 24.7 Å². The smallest absolute Gasteiger partial charge is 0.253 e. The number of amides is 1. The number of carbonyl (C=O) groups excluding carboxylic acids is 1. The van der Waals surface area contributed by atoms with E-state index in [4.69, 9.17) is 10.5 Å². The summed E-state index contributed by atoms with van der Waals surface area (Å²) in [6, 6.07) is 4.68. The zero-order valence-electron chi connectivity index (χ0n) is 10.7. The van der Waals surface area contributed by atoms with Gasteiger partial charge in [0.2, 0.25) is 0 Å². The molecule has 19 heavy (non-hydrogen) atoms. The number of hydrogen-bond acceptors (Lipinski definition) is 3. The maximum Gasteiger partial charge on any atom is 0.253 e. The topological polar surface area (TPSA) is 64.4 Å². The summed E-state index contributed by atoms with van der Waals surface area (Å²) < 4.78 is 19.0. The Balaban J connectivity index is 0.00000180. The SMILES string of the molecule is Cc1ccc(NC(=O)[C@@H]2CC[C@H](CN)O2)c(F)c1.Cl. The first-order valence-electron chi connectivity index (χ1n) is 6.02. The van der Waals surface area contributed by atoms with E-state index < -0.39 is 11.9 Å². The molecule has 0 aromatic heterocycles. The van der Waals surface area contributed by atoms with Gasteiger partial charge in [-0.1, -0.05) is 6.07 Å². The summed E-state index contributed by atoms with van der Waals surface area (Å²) in [7, 11) is 0. The van der Waals surface area contributed by atoms with Crippen molar-refractivity contribution in [1.82, 2.24) is 0 Å². The minimum absolute atomic E-state index is 0. The third-order valence-corrected chi connectivity index (χ3v) is 3.05. The van der Waals surface area contributed by atoms with Gasteiger partial charge in [-0.15, -0.1) is 12.4 Å². The lowest BCUT2D eigenvalue weighted by Crippen LogP contribution is -2.30. The number of ether oxygens (including phenoxy) is 1. The third kappa shape index (κ3) is 3.89. The largest absolute Gasteiger partial charge is 0.364 e. The van der Waals surface area contributed by atoms with E-state index in [-0.39, 0.29) is 30.1 Å². The van der Waals surface area contributed by atoms with Gasteiger partial charge < -0.3 is 15.8 Å². The molecule has 106 valence electrons. The molecule has 0 bridgehead atoms. The molecular weight excluding hydrogens is 271 g/mol. The van der Waals surface area contributed by atoms with Crippen LogP contribution in [0.15, 0.2) is 18.2 Å². The van der Waals surface area contributed by atoms with E-state index in [2.05, 4.69) is 5.32 Å². The van der Waals surface area contributed by atoms with Crippen LogP contribution in [0.1, 0.15) is 18.4 Å². The van der Waals surface area contributed by atoms with E-state index in [1.54, 1.807) is 19.1 Å². The predicted molar refractivity (Wildman–Crippen MR) is 74.0 cm³/mol. The Morgan fingerprint density at radius 3 is 2.84 bits per heavy atom. The fraction of sp³-hybridized carbons (Fsp3) is 0.462. The van der Waals surface area contributed by atoms with E-state index in [0.29, 0.717) is 13.0 Å². The summed E-state index contributed by atoms with van der Waals surface area (Å²) in [4.78, 5) is 11.9. The van der Waals surface area contributed by atoms with E-state index in [1.165, 1.54) is 6.07 Å². The van der Waals surface area contributed by atoms with Gasteiger partial charge >= 0.3 is 0 Å². The highest BCUT2D eigenvalue weighted by Crippen LogP contribution is 2.21. The Labute approximate surface area is 117 Å². The van der Waals surface area contributed by atoms with Crippen molar-refractivity contribution in [2.75, 3.05) is 11.9 Å². The number of hydrogen-bond donors (Lipinski definition) is 2. The van der Waals surface area contributed by atoms with Gasteiger partial charge in [-0.25, -0.2) is 4.39 Å². The normalized spacial score (nSPS) is 21.8. The van der Waals surface area contributed by atoms with E-state index in [0.717, 1.165) is 12.0 Å². The van der Waals surface area contributed by atoms with Gasteiger partial charge in [0, 0.05) is 6.54 Å².